The van der Waals surface area contributed by atoms with Gasteiger partial charge >= 0.3 is 0 Å². The molecule has 2 aliphatic rings. The van der Waals surface area contributed by atoms with Crippen LogP contribution in [0.3, 0.4) is 0 Å². The molecule has 0 spiro atoms. The lowest BCUT2D eigenvalue weighted by molar-refractivity contribution is -0.126. The van der Waals surface area contributed by atoms with Crippen LogP contribution in [0.2, 0.25) is 0 Å². The average molecular weight is 355 g/mol. The van der Waals surface area contributed by atoms with Crippen LogP contribution in [0.15, 0.2) is 24.3 Å². The summed E-state index contributed by atoms with van der Waals surface area (Å²) < 4.78 is 11.4. The number of benzene rings is 1. The van der Waals surface area contributed by atoms with Gasteiger partial charge in [-0.15, -0.1) is 12.4 Å². The van der Waals surface area contributed by atoms with E-state index >= 15 is 0 Å². The number of hydrogen-bond acceptors (Lipinski definition) is 4. The molecule has 3 atom stereocenters. The topological polar surface area (TPSA) is 59.6 Å². The summed E-state index contributed by atoms with van der Waals surface area (Å²) in [5, 5.41) is 6.26. The van der Waals surface area contributed by atoms with Gasteiger partial charge in [-0.3, -0.25) is 4.79 Å². The normalized spacial score (nSPS) is 27.1. The van der Waals surface area contributed by atoms with Crippen LogP contribution in [0, 0.1) is 12.8 Å². The lowest BCUT2D eigenvalue weighted by Crippen LogP contribution is -2.52. The van der Waals surface area contributed by atoms with Crippen LogP contribution in [0.4, 0.5) is 0 Å². The predicted molar refractivity (Wildman–Crippen MR) is 95.5 cm³/mol. The highest BCUT2D eigenvalue weighted by Crippen LogP contribution is 2.33. The molecule has 2 saturated heterocycles. The van der Waals surface area contributed by atoms with E-state index in [4.69, 9.17) is 9.47 Å². The van der Waals surface area contributed by atoms with Crippen molar-refractivity contribution in [2.45, 2.75) is 31.9 Å². The van der Waals surface area contributed by atoms with Crippen molar-refractivity contribution in [3.63, 3.8) is 0 Å². The molecule has 2 fully saturated rings. The van der Waals surface area contributed by atoms with E-state index in [0.29, 0.717) is 25.7 Å². The van der Waals surface area contributed by atoms with Crippen LogP contribution in [-0.4, -0.2) is 44.9 Å². The molecule has 0 saturated carbocycles. The van der Waals surface area contributed by atoms with Gasteiger partial charge in [0.05, 0.1) is 19.3 Å². The second-order valence-electron chi connectivity index (χ2n) is 6.43. The number of halogens is 1. The number of carbonyl (C=O) groups is 1. The van der Waals surface area contributed by atoms with Gasteiger partial charge in [-0.2, -0.15) is 0 Å². The van der Waals surface area contributed by atoms with E-state index in [9.17, 15) is 4.79 Å². The van der Waals surface area contributed by atoms with Crippen molar-refractivity contribution in [1.29, 1.82) is 0 Å². The van der Waals surface area contributed by atoms with Gasteiger partial charge in [0.15, 0.2) is 0 Å². The number of aryl methyl sites for hydroxylation is 1. The van der Waals surface area contributed by atoms with E-state index in [-0.39, 0.29) is 30.5 Å². The number of amides is 1. The summed E-state index contributed by atoms with van der Waals surface area (Å²) in [4.78, 5) is 12.2. The molecular formula is C18H27ClN2O3. The second kappa shape index (κ2) is 9.37. The zero-order valence-corrected chi connectivity index (χ0v) is 14.9. The first kappa shape index (κ1) is 19.2. The third-order valence-corrected chi connectivity index (χ3v) is 4.63. The van der Waals surface area contributed by atoms with Crippen molar-refractivity contribution in [2.75, 3.05) is 32.9 Å². The van der Waals surface area contributed by atoms with Gasteiger partial charge in [-0.1, -0.05) is 29.8 Å². The molecule has 1 aromatic rings. The minimum Gasteiger partial charge on any atom is -0.378 e. The number of morpholine rings is 1. The zero-order chi connectivity index (χ0) is 16.1. The van der Waals surface area contributed by atoms with E-state index in [1.807, 2.05) is 0 Å². The Morgan fingerprint density at radius 3 is 2.79 bits per heavy atom. The van der Waals surface area contributed by atoms with Crippen LogP contribution in [0.5, 0.6) is 0 Å². The highest BCUT2D eigenvalue weighted by Gasteiger charge is 2.29. The quantitative estimate of drug-likeness (QED) is 0.868. The summed E-state index contributed by atoms with van der Waals surface area (Å²) in [6.07, 6.45) is 2.20. The molecule has 0 radical (unpaired) electrons. The van der Waals surface area contributed by atoms with E-state index in [1.165, 1.54) is 11.1 Å². The van der Waals surface area contributed by atoms with Crippen LogP contribution in [0.1, 0.15) is 30.1 Å². The highest BCUT2D eigenvalue weighted by molar-refractivity contribution is 5.85. The van der Waals surface area contributed by atoms with Gasteiger partial charge < -0.3 is 20.1 Å². The molecule has 0 aliphatic carbocycles. The highest BCUT2D eigenvalue weighted by atomic mass is 35.5. The maximum atomic E-state index is 12.2. The number of ether oxygens (including phenoxy) is 2. The fourth-order valence-corrected chi connectivity index (χ4v) is 3.27. The molecule has 1 amide bonds. The summed E-state index contributed by atoms with van der Waals surface area (Å²) in [7, 11) is 0. The van der Waals surface area contributed by atoms with E-state index in [1.54, 1.807) is 0 Å². The predicted octanol–water partition coefficient (Wildman–Crippen LogP) is 1.99. The maximum absolute atomic E-state index is 12.2. The van der Waals surface area contributed by atoms with Gasteiger partial charge in [0.25, 0.3) is 0 Å². The van der Waals surface area contributed by atoms with Gasteiger partial charge in [0.2, 0.25) is 5.91 Å². The Morgan fingerprint density at radius 1 is 1.29 bits per heavy atom. The number of nitrogens with one attached hydrogen (secondary N) is 2. The first-order chi connectivity index (χ1) is 11.2. The molecule has 2 heterocycles. The second-order valence-corrected chi connectivity index (χ2v) is 6.43. The Balaban J connectivity index is 0.00000208. The van der Waals surface area contributed by atoms with E-state index in [0.717, 1.165) is 26.0 Å². The largest absolute Gasteiger partial charge is 0.378 e. The van der Waals surface area contributed by atoms with Gasteiger partial charge in [-0.05, 0) is 25.3 Å². The Morgan fingerprint density at radius 2 is 2.08 bits per heavy atom. The average Bonchev–Trinajstić information content (AvgIpc) is 2.61. The van der Waals surface area contributed by atoms with Crippen molar-refractivity contribution in [1.82, 2.24) is 10.6 Å². The number of hydrogen-bond donors (Lipinski definition) is 2. The number of carbonyl (C=O) groups excluding carboxylic acids is 1. The van der Waals surface area contributed by atoms with Crippen LogP contribution < -0.4 is 10.6 Å². The molecule has 3 unspecified atom stereocenters. The molecule has 5 nitrogen and oxygen atoms in total. The Hall–Kier alpha value is -1.14. The molecule has 6 heteroatoms. The minimum atomic E-state index is -0.230. The molecular weight excluding hydrogens is 328 g/mol. The van der Waals surface area contributed by atoms with Gasteiger partial charge in [0, 0.05) is 25.6 Å². The van der Waals surface area contributed by atoms with Crippen molar-refractivity contribution in [3.8, 4) is 0 Å². The lowest BCUT2D eigenvalue weighted by atomic mass is 9.89. The first-order valence-corrected chi connectivity index (χ1v) is 8.51. The fraction of sp³-hybridized carbons (Fsp3) is 0.611. The van der Waals surface area contributed by atoms with Gasteiger partial charge in [-0.25, -0.2) is 0 Å². The lowest BCUT2D eigenvalue weighted by Gasteiger charge is -2.33. The minimum absolute atomic E-state index is 0. The summed E-state index contributed by atoms with van der Waals surface area (Å²) >= 11 is 0. The standard InChI is InChI=1S/C18H26N2O3.ClH/c1-13-4-6-14(7-5-13)17-15(3-2-9-23-17)11-20-18(21)16-12-22-10-8-19-16;/h4-7,15-17,19H,2-3,8-12H2,1H3,(H,20,21);1H. The smallest absolute Gasteiger partial charge is 0.239 e. The summed E-state index contributed by atoms with van der Waals surface area (Å²) in [5.74, 6) is 0.345. The third-order valence-electron chi connectivity index (χ3n) is 4.63. The van der Waals surface area contributed by atoms with E-state index < -0.39 is 0 Å². The Kier molecular flexibility index (Phi) is 7.49. The van der Waals surface area contributed by atoms with Crippen molar-refractivity contribution >= 4 is 18.3 Å². The first-order valence-electron chi connectivity index (χ1n) is 8.51. The SMILES string of the molecule is Cc1ccc(C2OCCCC2CNC(=O)C2COCCN2)cc1.Cl. The third kappa shape index (κ3) is 4.93. The summed E-state index contributed by atoms with van der Waals surface area (Å²) in [6, 6.07) is 8.28. The van der Waals surface area contributed by atoms with Crippen molar-refractivity contribution < 1.29 is 14.3 Å². The Labute approximate surface area is 149 Å². The number of rotatable bonds is 4. The molecule has 0 bridgehead atoms. The van der Waals surface area contributed by atoms with Crippen molar-refractivity contribution in [3.05, 3.63) is 35.4 Å². The molecule has 1 aromatic carbocycles. The molecule has 24 heavy (non-hydrogen) atoms. The van der Waals surface area contributed by atoms with E-state index in [2.05, 4.69) is 41.8 Å². The van der Waals surface area contributed by atoms with Crippen molar-refractivity contribution in [2.24, 2.45) is 5.92 Å². The van der Waals surface area contributed by atoms with Crippen LogP contribution >= 0.6 is 12.4 Å². The summed E-state index contributed by atoms with van der Waals surface area (Å²) in [5.41, 5.74) is 2.45. The van der Waals surface area contributed by atoms with Crippen LogP contribution in [-0.2, 0) is 14.3 Å². The molecule has 134 valence electrons. The molecule has 2 N–H and O–H groups in total. The molecule has 3 rings (SSSR count). The molecule has 2 aliphatic heterocycles. The Bertz CT molecular complexity index is 518. The maximum Gasteiger partial charge on any atom is 0.239 e. The van der Waals surface area contributed by atoms with Crippen LogP contribution in [0.25, 0.3) is 0 Å². The van der Waals surface area contributed by atoms with Gasteiger partial charge in [0.1, 0.15) is 6.04 Å². The zero-order valence-electron chi connectivity index (χ0n) is 14.1. The summed E-state index contributed by atoms with van der Waals surface area (Å²) in [6.45, 7) is 5.39. The fourth-order valence-electron chi connectivity index (χ4n) is 3.27. The monoisotopic (exact) mass is 354 g/mol. The molecule has 0 aromatic heterocycles.